The Hall–Kier alpha value is -2.31. The highest BCUT2D eigenvalue weighted by Gasteiger charge is 2.16. The number of ether oxygens (including phenoxy) is 1. The highest BCUT2D eigenvalue weighted by Crippen LogP contribution is 2.21. The van der Waals surface area contributed by atoms with Gasteiger partial charge in [-0.1, -0.05) is 13.3 Å². The van der Waals surface area contributed by atoms with Crippen LogP contribution in [0.25, 0.3) is 0 Å². The van der Waals surface area contributed by atoms with Crippen LogP contribution in [0.15, 0.2) is 52.9 Å². The Balaban J connectivity index is 0.00000300. The molecule has 0 radical (unpaired) electrons. The predicted octanol–water partition coefficient (Wildman–Crippen LogP) is 4.26. The van der Waals surface area contributed by atoms with Gasteiger partial charge in [-0.05, 0) is 62.7 Å². The van der Waals surface area contributed by atoms with E-state index in [4.69, 9.17) is 15.9 Å². The Labute approximate surface area is 179 Å². The van der Waals surface area contributed by atoms with Crippen molar-refractivity contribution in [2.45, 2.75) is 38.6 Å². The number of nitrogens with zero attached hydrogens (tertiary/aromatic N) is 2. The molecule has 0 spiro atoms. The molecule has 3 rings (SSSR count). The number of anilines is 1. The molecule has 1 aromatic rings. The molecule has 0 amide bonds. The third-order valence-corrected chi connectivity index (χ3v) is 5.26. The predicted molar refractivity (Wildman–Crippen MR) is 124 cm³/mol. The molecule has 7 heteroatoms. The molecule has 1 aromatic carbocycles. The third-order valence-electron chi connectivity index (χ3n) is 5.26. The van der Waals surface area contributed by atoms with E-state index in [0.717, 1.165) is 24.3 Å². The van der Waals surface area contributed by atoms with Gasteiger partial charge < -0.3 is 20.7 Å². The Kier molecular flexibility index (Phi) is 8.73. The van der Waals surface area contributed by atoms with Crippen molar-refractivity contribution in [1.29, 1.82) is 5.41 Å². The molecular weight excluding hydrogens is 386 g/mol. The molecule has 158 valence electrons. The SMILES string of the molecule is CCC(CN1CCCCC1)Nc1ccc(N=C2C=C(OC)C(=N)C=C2N)cc1.Cl. The van der Waals surface area contributed by atoms with Gasteiger partial charge >= 0.3 is 0 Å². The largest absolute Gasteiger partial charge is 0.494 e. The molecule has 1 atom stereocenters. The highest BCUT2D eigenvalue weighted by molar-refractivity contribution is 6.22. The summed E-state index contributed by atoms with van der Waals surface area (Å²) in [5.74, 6) is 0.467. The summed E-state index contributed by atoms with van der Waals surface area (Å²) >= 11 is 0. The first-order chi connectivity index (χ1) is 13.6. The number of methoxy groups -OCH3 is 1. The molecule has 4 N–H and O–H groups in total. The monoisotopic (exact) mass is 417 g/mol. The molecule has 2 aliphatic rings. The van der Waals surface area contributed by atoms with Gasteiger partial charge in [-0.2, -0.15) is 0 Å². The molecule has 0 saturated carbocycles. The lowest BCUT2D eigenvalue weighted by molar-refractivity contribution is 0.219. The molecule has 1 aliphatic carbocycles. The normalized spacial score (nSPS) is 19.8. The van der Waals surface area contributed by atoms with Gasteiger partial charge in [0.05, 0.1) is 29.9 Å². The summed E-state index contributed by atoms with van der Waals surface area (Å²) in [5.41, 5.74) is 9.29. The summed E-state index contributed by atoms with van der Waals surface area (Å²) in [7, 11) is 1.54. The zero-order valence-corrected chi connectivity index (χ0v) is 18.1. The molecule has 1 saturated heterocycles. The van der Waals surface area contributed by atoms with Crippen molar-refractivity contribution < 1.29 is 4.74 Å². The minimum atomic E-state index is 0. The average Bonchev–Trinajstić information content (AvgIpc) is 2.71. The van der Waals surface area contributed by atoms with Gasteiger partial charge in [0.15, 0.2) is 0 Å². The first-order valence-corrected chi connectivity index (χ1v) is 10.1. The fourth-order valence-corrected chi connectivity index (χ4v) is 3.59. The molecule has 0 bridgehead atoms. The number of nitrogens with one attached hydrogen (secondary N) is 2. The number of likely N-dealkylation sites (tertiary alicyclic amines) is 1. The standard InChI is InChI=1S/C22H31N5O.ClH/c1-3-16(15-27-11-5-4-6-12-27)25-17-7-9-18(10-8-17)26-21-14-22(28-2)20(24)13-19(21)23;/h7-10,13-14,16,24-25H,3-6,11-12,15,23H2,1-2H3;1H. The first-order valence-electron chi connectivity index (χ1n) is 10.1. The van der Waals surface area contributed by atoms with Crippen LogP contribution in [0.4, 0.5) is 11.4 Å². The number of benzene rings is 1. The maximum Gasteiger partial charge on any atom is 0.146 e. The van der Waals surface area contributed by atoms with Crippen molar-refractivity contribution in [2.75, 3.05) is 32.1 Å². The summed E-state index contributed by atoms with van der Waals surface area (Å²) in [6, 6.07) is 8.53. The molecule has 0 aromatic heterocycles. The van der Waals surface area contributed by atoms with E-state index in [2.05, 4.69) is 34.3 Å². The second kappa shape index (κ2) is 11.0. The zero-order chi connectivity index (χ0) is 19.9. The summed E-state index contributed by atoms with van der Waals surface area (Å²) < 4.78 is 5.20. The smallest absolute Gasteiger partial charge is 0.146 e. The van der Waals surface area contributed by atoms with Crippen molar-refractivity contribution in [2.24, 2.45) is 10.7 Å². The van der Waals surface area contributed by atoms with Crippen molar-refractivity contribution in [1.82, 2.24) is 4.90 Å². The van der Waals surface area contributed by atoms with Crippen LogP contribution in [0.3, 0.4) is 0 Å². The summed E-state index contributed by atoms with van der Waals surface area (Å²) in [5, 5.41) is 11.5. The highest BCUT2D eigenvalue weighted by atomic mass is 35.5. The minimum absolute atomic E-state index is 0. The van der Waals surface area contributed by atoms with E-state index < -0.39 is 0 Å². The van der Waals surface area contributed by atoms with Gasteiger partial charge in [-0.15, -0.1) is 12.4 Å². The maximum absolute atomic E-state index is 7.83. The second-order valence-electron chi connectivity index (χ2n) is 7.38. The average molecular weight is 418 g/mol. The van der Waals surface area contributed by atoms with Gasteiger partial charge in [0.2, 0.25) is 0 Å². The van der Waals surface area contributed by atoms with Crippen molar-refractivity contribution in [3.8, 4) is 0 Å². The molecule has 1 fully saturated rings. The Morgan fingerprint density at radius 1 is 1.17 bits per heavy atom. The van der Waals surface area contributed by atoms with Crippen LogP contribution in [0.1, 0.15) is 32.6 Å². The van der Waals surface area contributed by atoms with Gasteiger partial charge in [0, 0.05) is 24.4 Å². The Bertz CT molecular complexity index is 779. The number of hydrogen-bond acceptors (Lipinski definition) is 6. The van der Waals surface area contributed by atoms with Crippen LogP contribution in [0.5, 0.6) is 0 Å². The quantitative estimate of drug-likeness (QED) is 0.578. The molecule has 1 heterocycles. The lowest BCUT2D eigenvalue weighted by atomic mass is 10.1. The van der Waals surface area contributed by atoms with E-state index in [1.165, 1.54) is 32.4 Å². The van der Waals surface area contributed by atoms with Crippen molar-refractivity contribution in [3.63, 3.8) is 0 Å². The topological polar surface area (TPSA) is 86.7 Å². The van der Waals surface area contributed by atoms with E-state index in [-0.39, 0.29) is 18.1 Å². The van der Waals surface area contributed by atoms with E-state index in [0.29, 0.717) is 23.2 Å². The number of allylic oxidation sites excluding steroid dienone is 2. The second-order valence-corrected chi connectivity index (χ2v) is 7.38. The van der Waals surface area contributed by atoms with Crippen LogP contribution in [-0.4, -0.2) is 49.1 Å². The van der Waals surface area contributed by atoms with Crippen LogP contribution in [0.2, 0.25) is 0 Å². The number of piperidine rings is 1. The van der Waals surface area contributed by atoms with E-state index in [1.807, 2.05) is 12.1 Å². The Morgan fingerprint density at radius 2 is 1.86 bits per heavy atom. The van der Waals surface area contributed by atoms with Crippen LogP contribution >= 0.6 is 12.4 Å². The Morgan fingerprint density at radius 3 is 2.48 bits per heavy atom. The van der Waals surface area contributed by atoms with Gasteiger partial charge in [-0.25, -0.2) is 4.99 Å². The summed E-state index contributed by atoms with van der Waals surface area (Å²) in [6.07, 6.45) is 8.38. The molecule has 1 aliphatic heterocycles. The zero-order valence-electron chi connectivity index (χ0n) is 17.3. The number of nitrogens with two attached hydrogens (primary N) is 1. The molecule has 29 heavy (non-hydrogen) atoms. The van der Waals surface area contributed by atoms with Gasteiger partial charge in [0.1, 0.15) is 5.76 Å². The molecule has 1 unspecified atom stereocenters. The maximum atomic E-state index is 7.83. The van der Waals surface area contributed by atoms with Crippen molar-refractivity contribution in [3.05, 3.63) is 47.9 Å². The summed E-state index contributed by atoms with van der Waals surface area (Å²) in [6.45, 7) is 5.77. The van der Waals surface area contributed by atoms with Crippen LogP contribution in [-0.2, 0) is 4.74 Å². The van der Waals surface area contributed by atoms with E-state index in [9.17, 15) is 0 Å². The lowest BCUT2D eigenvalue weighted by Crippen LogP contribution is -2.39. The van der Waals surface area contributed by atoms with E-state index >= 15 is 0 Å². The van der Waals surface area contributed by atoms with Crippen molar-refractivity contribution >= 4 is 35.2 Å². The summed E-state index contributed by atoms with van der Waals surface area (Å²) in [4.78, 5) is 7.17. The van der Waals surface area contributed by atoms with Crippen LogP contribution < -0.4 is 11.1 Å². The van der Waals surface area contributed by atoms with Gasteiger partial charge in [-0.3, -0.25) is 5.41 Å². The molecule has 6 nitrogen and oxygen atoms in total. The molecular formula is C22H32ClN5O. The minimum Gasteiger partial charge on any atom is -0.494 e. The van der Waals surface area contributed by atoms with E-state index in [1.54, 1.807) is 19.3 Å². The van der Waals surface area contributed by atoms with Crippen LogP contribution in [0, 0.1) is 5.41 Å². The fraction of sp³-hybridized carbons (Fsp3) is 0.455. The lowest BCUT2D eigenvalue weighted by Gasteiger charge is -2.30. The first kappa shape index (κ1) is 23.0. The third kappa shape index (κ3) is 6.34. The number of halogens is 1. The number of hydrogen-bond donors (Lipinski definition) is 3. The fourth-order valence-electron chi connectivity index (χ4n) is 3.59. The number of aliphatic imine (C=N–C) groups is 1. The number of rotatable bonds is 7. The van der Waals surface area contributed by atoms with Gasteiger partial charge in [0.25, 0.3) is 0 Å².